The minimum atomic E-state index is -2.11. The van der Waals surface area contributed by atoms with Gasteiger partial charge >= 0.3 is 85.0 Å². The first-order valence-electron chi connectivity index (χ1n) is 0.463. The van der Waals surface area contributed by atoms with Gasteiger partial charge in [0, 0.05) is 0 Å². The zero-order valence-corrected chi connectivity index (χ0v) is 6.43. The molecule has 0 aliphatic heterocycles. The summed E-state index contributed by atoms with van der Waals surface area (Å²) >= 11 is -2.11. The Morgan fingerprint density at radius 1 is 1.00 bits per heavy atom. The molecule has 0 bridgehead atoms. The second-order valence-electron chi connectivity index (χ2n) is 0.175. The van der Waals surface area contributed by atoms with E-state index in [2.05, 4.69) is 0 Å². The summed E-state index contributed by atoms with van der Waals surface area (Å²) in [6.07, 6.45) is 0. The first-order valence-corrected chi connectivity index (χ1v) is 10.3. The fourth-order valence-electron chi connectivity index (χ4n) is 0. The Kier molecular flexibility index (Phi) is 16.9. The molecule has 0 unspecified atom stereocenters. The van der Waals surface area contributed by atoms with E-state index >= 15 is 0 Å². The van der Waals surface area contributed by atoms with E-state index in [-0.39, 0.29) is 37.7 Å². The van der Waals surface area contributed by atoms with Crippen LogP contribution < -0.4 is 0 Å². The second kappa shape index (κ2) is 7.47. The van der Waals surface area contributed by atoms with Crippen LogP contribution in [0.4, 0.5) is 0 Å². The Morgan fingerprint density at radius 2 is 1.00 bits per heavy atom. The van der Waals surface area contributed by atoms with Crippen LogP contribution in [0.1, 0.15) is 0 Å². The summed E-state index contributed by atoms with van der Waals surface area (Å²) in [5.41, 5.74) is 0. The summed E-state index contributed by atoms with van der Waals surface area (Å²) in [6, 6.07) is 0. The number of rotatable bonds is 0. The molecule has 0 saturated heterocycles. The SMILES string of the molecule is [CaH2].[Cl][Sm]([Cl])[Cl]. The van der Waals surface area contributed by atoms with Crippen molar-refractivity contribution < 1.29 is 29.6 Å². The number of hydrogen-bond donors (Lipinski definition) is 0. The van der Waals surface area contributed by atoms with E-state index in [4.69, 9.17) is 17.7 Å². The van der Waals surface area contributed by atoms with E-state index in [9.17, 15) is 0 Å². The van der Waals surface area contributed by atoms with Gasteiger partial charge in [0.25, 0.3) is 0 Å². The van der Waals surface area contributed by atoms with Crippen LogP contribution in [0.15, 0.2) is 0 Å². The Labute approximate surface area is 82.2 Å². The summed E-state index contributed by atoms with van der Waals surface area (Å²) in [6.45, 7) is 0. The number of hydrogen-bond acceptors (Lipinski definition) is 0. The van der Waals surface area contributed by atoms with Crippen LogP contribution in [-0.4, -0.2) is 37.7 Å². The van der Waals surface area contributed by atoms with Gasteiger partial charge in [0.1, 0.15) is 0 Å². The topological polar surface area (TPSA) is 0 Å². The molecule has 31 valence electrons. The predicted molar refractivity (Wildman–Crippen MR) is 26.1 cm³/mol. The van der Waals surface area contributed by atoms with Crippen molar-refractivity contribution in [3.8, 4) is 0 Å². The van der Waals surface area contributed by atoms with E-state index in [1.807, 2.05) is 0 Å². The third-order valence-corrected chi connectivity index (χ3v) is 0. The minimum absolute atomic E-state index is 0. The van der Waals surface area contributed by atoms with Gasteiger partial charge in [-0.05, 0) is 0 Å². The molecule has 0 rings (SSSR count). The third kappa shape index (κ3) is 18.6. The van der Waals surface area contributed by atoms with Crippen molar-refractivity contribution >= 4 is 55.4 Å². The fourth-order valence-corrected chi connectivity index (χ4v) is 0. The Morgan fingerprint density at radius 3 is 1.00 bits per heavy atom. The van der Waals surface area contributed by atoms with E-state index in [1.54, 1.807) is 0 Å². The van der Waals surface area contributed by atoms with Crippen LogP contribution in [0.5, 0.6) is 0 Å². The van der Waals surface area contributed by atoms with Gasteiger partial charge in [0.15, 0.2) is 0 Å². The molecule has 0 N–H and O–H groups in total. The molecule has 0 amide bonds. The Balaban J connectivity index is 0. The maximum absolute atomic E-state index is 5.00. The van der Waals surface area contributed by atoms with Gasteiger partial charge in [-0.3, -0.25) is 0 Å². The van der Waals surface area contributed by atoms with Crippen LogP contribution >= 0.6 is 17.7 Å². The summed E-state index contributed by atoms with van der Waals surface area (Å²) < 4.78 is 0. The maximum atomic E-state index is 5.00. The summed E-state index contributed by atoms with van der Waals surface area (Å²) in [7, 11) is 0. The van der Waals surface area contributed by atoms with Crippen molar-refractivity contribution in [2.75, 3.05) is 0 Å². The van der Waals surface area contributed by atoms with Crippen molar-refractivity contribution in [3.63, 3.8) is 0 Å². The van der Waals surface area contributed by atoms with E-state index < -0.39 is 29.6 Å². The van der Waals surface area contributed by atoms with Gasteiger partial charge in [-0.2, -0.15) is 0 Å². The molecule has 0 radical (unpaired) electrons. The van der Waals surface area contributed by atoms with Crippen molar-refractivity contribution in [1.29, 1.82) is 0 Å². The summed E-state index contributed by atoms with van der Waals surface area (Å²) in [5.74, 6) is 15.0. The standard InChI is InChI=1S/Ca.3ClH.Sm.2H/h;3*1H;;;/q;;;;+3;;/p-3. The fraction of sp³-hybridized carbons (Fsp3) is 0. The molecule has 0 atom stereocenters. The molecule has 0 aliphatic carbocycles. The average Bonchev–Trinajstić information content (AvgIpc) is 0.811. The predicted octanol–water partition coefficient (Wildman–Crippen LogP) is 1.15. The molecular weight excluding hydrogens is 297 g/mol. The van der Waals surface area contributed by atoms with Crippen LogP contribution in [0.3, 0.4) is 0 Å². The quantitative estimate of drug-likeness (QED) is 0.589. The van der Waals surface area contributed by atoms with Crippen LogP contribution in [0.25, 0.3) is 0 Å². The van der Waals surface area contributed by atoms with Gasteiger partial charge in [0.2, 0.25) is 0 Å². The third-order valence-electron chi connectivity index (χ3n) is 0. The molecule has 0 aromatic rings. The molecule has 0 aromatic heterocycles. The first kappa shape index (κ1) is 11.3. The molecule has 0 aliphatic rings. The van der Waals surface area contributed by atoms with E-state index in [1.165, 1.54) is 0 Å². The normalized spacial score (nSPS) is 7.20. The Hall–Kier alpha value is 3.47. The van der Waals surface area contributed by atoms with Gasteiger partial charge in [-0.15, -0.1) is 0 Å². The van der Waals surface area contributed by atoms with E-state index in [0.717, 1.165) is 0 Å². The molecule has 5 heteroatoms. The number of halogens is 3. The average molecular weight is 299 g/mol. The second-order valence-corrected chi connectivity index (χ2v) is 11.7. The van der Waals surface area contributed by atoms with Crippen molar-refractivity contribution in [1.82, 2.24) is 0 Å². The monoisotopic (exact) mass is 299 g/mol. The van der Waals surface area contributed by atoms with Crippen LogP contribution in [0.2, 0.25) is 0 Å². The van der Waals surface area contributed by atoms with Gasteiger partial charge in [0.05, 0.1) is 0 Å². The van der Waals surface area contributed by atoms with Gasteiger partial charge in [-0.1, -0.05) is 0 Å². The van der Waals surface area contributed by atoms with Crippen LogP contribution in [-0.2, 0) is 0 Å². The Bertz CT molecular complexity index is 11.6. The molecule has 5 heavy (non-hydrogen) atoms. The molecule has 0 aromatic carbocycles. The molecule has 0 heterocycles. The van der Waals surface area contributed by atoms with Crippen molar-refractivity contribution in [3.05, 3.63) is 0 Å². The van der Waals surface area contributed by atoms with E-state index in [0.29, 0.717) is 0 Å². The summed E-state index contributed by atoms with van der Waals surface area (Å²) in [5, 5.41) is 0. The van der Waals surface area contributed by atoms with Crippen molar-refractivity contribution in [2.24, 2.45) is 0 Å². The molecule has 0 nitrogen and oxygen atoms in total. The summed E-state index contributed by atoms with van der Waals surface area (Å²) in [4.78, 5) is 0. The van der Waals surface area contributed by atoms with Crippen LogP contribution in [0, 0.1) is 29.6 Å². The van der Waals surface area contributed by atoms with Gasteiger partial charge < -0.3 is 0 Å². The van der Waals surface area contributed by atoms with Crippen molar-refractivity contribution in [2.45, 2.75) is 0 Å². The molecule has 0 spiro atoms. The zero-order chi connectivity index (χ0) is 3.58. The van der Waals surface area contributed by atoms with Gasteiger partial charge in [-0.25, -0.2) is 0 Å². The first-order chi connectivity index (χ1) is 1.73. The molecular formula is H2CaCl3Sm. The zero-order valence-electron chi connectivity index (χ0n) is 1.54. The molecule has 0 saturated carbocycles. The molecule has 0 fully saturated rings.